The van der Waals surface area contributed by atoms with Crippen molar-refractivity contribution in [3.05, 3.63) is 23.7 Å². The number of alkyl halides is 3. The number of primary amides is 1. The first-order valence-corrected chi connectivity index (χ1v) is 8.30. The van der Waals surface area contributed by atoms with Crippen LogP contribution in [-0.2, 0) is 11.3 Å². The standard InChI is InChI=1S/C16H20F3N5O2/c1-10-4-5-12(26-10)14-21-15(24(22-14)9-16(17,18)19)11-3-2-6-23(7-11)8-13(20)25/h4-5,11H,2-3,6-9H2,1H3,(H2,20,25)/t11-/m0/s1. The maximum Gasteiger partial charge on any atom is 0.408 e. The molecule has 10 heteroatoms. The van der Waals surface area contributed by atoms with E-state index in [4.69, 9.17) is 10.2 Å². The van der Waals surface area contributed by atoms with Crippen molar-refractivity contribution in [1.82, 2.24) is 19.7 Å². The van der Waals surface area contributed by atoms with E-state index in [0.717, 1.165) is 11.1 Å². The van der Waals surface area contributed by atoms with Gasteiger partial charge >= 0.3 is 6.18 Å². The van der Waals surface area contributed by atoms with Gasteiger partial charge in [-0.3, -0.25) is 9.69 Å². The molecule has 142 valence electrons. The van der Waals surface area contributed by atoms with Gasteiger partial charge in [-0.2, -0.15) is 13.2 Å². The molecule has 1 atom stereocenters. The van der Waals surface area contributed by atoms with Gasteiger partial charge in [0.2, 0.25) is 11.7 Å². The lowest BCUT2D eigenvalue weighted by Crippen LogP contribution is -2.40. The fourth-order valence-electron chi connectivity index (χ4n) is 3.23. The van der Waals surface area contributed by atoms with Crippen molar-refractivity contribution in [2.45, 2.75) is 38.4 Å². The third-order valence-electron chi connectivity index (χ3n) is 4.24. The van der Waals surface area contributed by atoms with Crippen LogP contribution in [0.4, 0.5) is 13.2 Å². The molecule has 3 rings (SSSR count). The van der Waals surface area contributed by atoms with Gasteiger partial charge in [-0.25, -0.2) is 9.67 Å². The Morgan fingerprint density at radius 3 is 2.81 bits per heavy atom. The Morgan fingerprint density at radius 1 is 1.42 bits per heavy atom. The summed E-state index contributed by atoms with van der Waals surface area (Å²) in [5.41, 5.74) is 5.23. The molecule has 7 nitrogen and oxygen atoms in total. The van der Waals surface area contributed by atoms with Crippen LogP contribution in [0.2, 0.25) is 0 Å². The van der Waals surface area contributed by atoms with Crippen LogP contribution >= 0.6 is 0 Å². The van der Waals surface area contributed by atoms with E-state index in [9.17, 15) is 18.0 Å². The number of hydrogen-bond acceptors (Lipinski definition) is 5. The second-order valence-electron chi connectivity index (χ2n) is 6.52. The summed E-state index contributed by atoms with van der Waals surface area (Å²) in [6, 6.07) is 3.33. The predicted molar refractivity (Wildman–Crippen MR) is 86.1 cm³/mol. The number of amides is 1. The summed E-state index contributed by atoms with van der Waals surface area (Å²) in [6.45, 7) is 1.68. The summed E-state index contributed by atoms with van der Waals surface area (Å²) in [5, 5.41) is 4.02. The van der Waals surface area contributed by atoms with Gasteiger partial charge < -0.3 is 10.2 Å². The first-order valence-electron chi connectivity index (χ1n) is 8.30. The Labute approximate surface area is 148 Å². The summed E-state index contributed by atoms with van der Waals surface area (Å²) in [6.07, 6.45) is -3.01. The first kappa shape index (κ1) is 18.4. The minimum Gasteiger partial charge on any atom is -0.458 e. The van der Waals surface area contributed by atoms with Crippen LogP contribution in [0.25, 0.3) is 11.6 Å². The number of aromatic nitrogens is 3. The Morgan fingerprint density at radius 2 is 2.19 bits per heavy atom. The maximum atomic E-state index is 13.0. The zero-order chi connectivity index (χ0) is 18.9. The molecule has 0 bridgehead atoms. The zero-order valence-electron chi connectivity index (χ0n) is 14.3. The molecule has 0 unspecified atom stereocenters. The van der Waals surface area contributed by atoms with Gasteiger partial charge in [-0.15, -0.1) is 5.10 Å². The van der Waals surface area contributed by atoms with Gasteiger partial charge in [0.05, 0.1) is 6.54 Å². The zero-order valence-corrected chi connectivity index (χ0v) is 14.3. The minimum absolute atomic E-state index is 0.0775. The Balaban J connectivity index is 1.90. The molecule has 0 aromatic carbocycles. The van der Waals surface area contributed by atoms with E-state index >= 15 is 0 Å². The summed E-state index contributed by atoms with van der Waals surface area (Å²) in [7, 11) is 0. The van der Waals surface area contributed by atoms with Gasteiger partial charge in [0.15, 0.2) is 5.76 Å². The Kier molecular flexibility index (Phi) is 5.03. The number of carbonyl (C=O) groups excluding carboxylic acids is 1. The Bertz CT molecular complexity index is 783. The van der Waals surface area contributed by atoms with Crippen molar-refractivity contribution in [3.63, 3.8) is 0 Å². The van der Waals surface area contributed by atoms with Crippen molar-refractivity contribution in [1.29, 1.82) is 0 Å². The molecule has 2 aromatic heterocycles. The van der Waals surface area contributed by atoms with Crippen LogP contribution in [0.5, 0.6) is 0 Å². The molecular weight excluding hydrogens is 351 g/mol. The number of likely N-dealkylation sites (tertiary alicyclic amines) is 1. The van der Waals surface area contributed by atoms with Crippen LogP contribution < -0.4 is 5.73 Å². The molecule has 26 heavy (non-hydrogen) atoms. The van der Waals surface area contributed by atoms with Crippen molar-refractivity contribution in [2.75, 3.05) is 19.6 Å². The van der Waals surface area contributed by atoms with Crippen molar-refractivity contribution >= 4 is 5.91 Å². The summed E-state index contributed by atoms with van der Waals surface area (Å²) >= 11 is 0. The SMILES string of the molecule is Cc1ccc(-c2nc([C@H]3CCCN(CC(N)=O)C3)n(CC(F)(F)F)n2)o1. The highest BCUT2D eigenvalue weighted by Crippen LogP contribution is 2.30. The van der Waals surface area contributed by atoms with Gasteiger partial charge in [0, 0.05) is 12.5 Å². The third kappa shape index (κ3) is 4.43. The molecule has 0 aliphatic carbocycles. The van der Waals surface area contributed by atoms with Crippen molar-refractivity contribution in [2.24, 2.45) is 5.73 Å². The lowest BCUT2D eigenvalue weighted by atomic mass is 9.97. The largest absolute Gasteiger partial charge is 0.458 e. The number of nitrogens with zero attached hydrogens (tertiary/aromatic N) is 4. The minimum atomic E-state index is -4.42. The highest BCUT2D eigenvalue weighted by atomic mass is 19.4. The topological polar surface area (TPSA) is 90.2 Å². The smallest absolute Gasteiger partial charge is 0.408 e. The molecule has 1 saturated heterocycles. The fraction of sp³-hybridized carbons (Fsp3) is 0.562. The molecule has 0 spiro atoms. The van der Waals surface area contributed by atoms with Crippen LogP contribution in [-0.4, -0.2) is 51.4 Å². The van der Waals surface area contributed by atoms with Gasteiger partial charge in [0.25, 0.3) is 0 Å². The third-order valence-corrected chi connectivity index (χ3v) is 4.24. The second kappa shape index (κ2) is 7.10. The van der Waals surface area contributed by atoms with E-state index in [-0.39, 0.29) is 24.1 Å². The van der Waals surface area contributed by atoms with E-state index in [1.165, 1.54) is 0 Å². The van der Waals surface area contributed by atoms with Crippen LogP contribution in [0.3, 0.4) is 0 Å². The van der Waals surface area contributed by atoms with Crippen LogP contribution in [0.15, 0.2) is 16.5 Å². The molecule has 1 aliphatic heterocycles. The predicted octanol–water partition coefficient (Wildman–Crippen LogP) is 2.07. The van der Waals surface area contributed by atoms with E-state index < -0.39 is 18.6 Å². The number of piperidine rings is 1. The monoisotopic (exact) mass is 371 g/mol. The van der Waals surface area contributed by atoms with Crippen molar-refractivity contribution < 1.29 is 22.4 Å². The number of rotatable bonds is 5. The van der Waals surface area contributed by atoms with E-state index in [0.29, 0.717) is 31.0 Å². The van der Waals surface area contributed by atoms with Gasteiger partial charge in [-0.05, 0) is 38.4 Å². The maximum absolute atomic E-state index is 13.0. The number of furan rings is 1. The van der Waals surface area contributed by atoms with Gasteiger partial charge in [0.1, 0.15) is 18.1 Å². The molecular formula is C16H20F3N5O2. The molecule has 2 N–H and O–H groups in total. The summed E-state index contributed by atoms with van der Waals surface area (Å²) in [4.78, 5) is 17.3. The molecule has 1 fully saturated rings. The quantitative estimate of drug-likeness (QED) is 0.869. The lowest BCUT2D eigenvalue weighted by Gasteiger charge is -2.31. The first-order chi connectivity index (χ1) is 12.2. The van der Waals surface area contributed by atoms with Crippen LogP contribution in [0, 0.1) is 6.92 Å². The number of halogens is 3. The van der Waals surface area contributed by atoms with E-state index in [2.05, 4.69) is 10.1 Å². The molecule has 0 saturated carbocycles. The molecule has 0 radical (unpaired) electrons. The summed E-state index contributed by atoms with van der Waals surface area (Å²) < 4.78 is 45.2. The Hall–Kier alpha value is -2.36. The second-order valence-corrected chi connectivity index (χ2v) is 6.52. The molecule has 3 heterocycles. The molecule has 2 aromatic rings. The number of nitrogens with two attached hydrogens (primary N) is 1. The molecule has 1 amide bonds. The fourth-order valence-corrected chi connectivity index (χ4v) is 3.23. The van der Waals surface area contributed by atoms with E-state index in [1.807, 2.05) is 4.90 Å². The number of carbonyl (C=O) groups is 1. The van der Waals surface area contributed by atoms with Crippen LogP contribution in [0.1, 0.15) is 30.3 Å². The lowest BCUT2D eigenvalue weighted by molar-refractivity contribution is -0.143. The number of aryl methyl sites for hydroxylation is 1. The molecule has 1 aliphatic rings. The average molecular weight is 371 g/mol. The normalized spacial score (nSPS) is 19.0. The average Bonchev–Trinajstić information content (AvgIpc) is 3.11. The summed E-state index contributed by atoms with van der Waals surface area (Å²) in [5.74, 6) is 0.607. The van der Waals surface area contributed by atoms with Gasteiger partial charge in [-0.1, -0.05) is 0 Å². The van der Waals surface area contributed by atoms with Crippen molar-refractivity contribution in [3.8, 4) is 11.6 Å². The van der Waals surface area contributed by atoms with E-state index in [1.54, 1.807) is 19.1 Å². The highest BCUT2D eigenvalue weighted by Gasteiger charge is 2.34. The number of hydrogen-bond donors (Lipinski definition) is 1. The highest BCUT2D eigenvalue weighted by molar-refractivity contribution is 5.75.